The molecule has 1 fully saturated rings. The van der Waals surface area contributed by atoms with Gasteiger partial charge in [-0.3, -0.25) is 0 Å². The van der Waals surface area contributed by atoms with Crippen LogP contribution in [0.4, 0.5) is 15.8 Å². The Hall–Kier alpha value is -2.60. The van der Waals surface area contributed by atoms with E-state index in [4.69, 9.17) is 5.73 Å². The van der Waals surface area contributed by atoms with Gasteiger partial charge in [-0.25, -0.2) is 9.38 Å². The summed E-state index contributed by atoms with van der Waals surface area (Å²) in [4.78, 5) is 6.25. The van der Waals surface area contributed by atoms with Gasteiger partial charge in [-0.05, 0) is 49.6 Å². The van der Waals surface area contributed by atoms with Gasteiger partial charge in [-0.15, -0.1) is 0 Å². The van der Waals surface area contributed by atoms with Gasteiger partial charge < -0.3 is 21.1 Å². The van der Waals surface area contributed by atoms with Crippen LogP contribution in [0, 0.1) is 12.7 Å². The molecule has 5 nitrogen and oxygen atoms in total. The van der Waals surface area contributed by atoms with Crippen LogP contribution in [0.1, 0.15) is 24.0 Å². The number of nitrogens with one attached hydrogen (secondary N) is 1. The third-order valence-electron chi connectivity index (χ3n) is 4.57. The first kappa shape index (κ1) is 18.2. The van der Waals surface area contributed by atoms with Gasteiger partial charge in [0.25, 0.3) is 0 Å². The van der Waals surface area contributed by atoms with E-state index in [0.29, 0.717) is 44.1 Å². The molecule has 0 amide bonds. The number of hydrogen-bond acceptors (Lipinski definition) is 3. The van der Waals surface area contributed by atoms with Crippen LogP contribution < -0.4 is 16.0 Å². The molecule has 0 radical (unpaired) electrons. The third kappa shape index (κ3) is 4.73. The van der Waals surface area contributed by atoms with Crippen LogP contribution in [-0.2, 0) is 6.54 Å². The topological polar surface area (TPSA) is 73.9 Å². The van der Waals surface area contributed by atoms with Crippen LogP contribution in [0.15, 0.2) is 47.5 Å². The van der Waals surface area contributed by atoms with E-state index in [-0.39, 0.29) is 11.9 Å². The quantitative estimate of drug-likeness (QED) is 0.582. The number of benzene rings is 2. The third-order valence-corrected chi connectivity index (χ3v) is 4.57. The van der Waals surface area contributed by atoms with Crippen LogP contribution in [0.2, 0.25) is 0 Å². The minimum atomic E-state index is -0.271. The average Bonchev–Trinajstić information content (AvgIpc) is 2.63. The van der Waals surface area contributed by atoms with E-state index in [9.17, 15) is 9.50 Å². The van der Waals surface area contributed by atoms with E-state index in [1.54, 1.807) is 6.07 Å². The zero-order valence-electron chi connectivity index (χ0n) is 15.0. The maximum atomic E-state index is 14.4. The molecule has 0 atom stereocenters. The Morgan fingerprint density at radius 1 is 1.23 bits per heavy atom. The highest BCUT2D eigenvalue weighted by Gasteiger charge is 2.19. The molecular formula is C20H25FN4O. The second-order valence-electron chi connectivity index (χ2n) is 6.70. The molecule has 1 saturated heterocycles. The first-order valence-electron chi connectivity index (χ1n) is 8.86. The average molecular weight is 356 g/mol. The standard InChI is InChI=1S/C20H25FN4O/c1-14-2-5-16(6-3-14)24-20(22)23-13-15-4-7-19(18(21)12-15)25-10-8-17(26)9-11-25/h2-7,12,17,26H,8-11,13H2,1H3,(H3,22,23,24). The lowest BCUT2D eigenvalue weighted by Crippen LogP contribution is -2.36. The molecular weight excluding hydrogens is 331 g/mol. The van der Waals surface area contributed by atoms with E-state index in [0.717, 1.165) is 11.3 Å². The molecule has 0 unspecified atom stereocenters. The Balaban J connectivity index is 1.61. The number of aryl methyl sites for hydroxylation is 1. The van der Waals surface area contributed by atoms with Gasteiger partial charge in [-0.2, -0.15) is 0 Å². The molecule has 138 valence electrons. The van der Waals surface area contributed by atoms with Crippen molar-refractivity contribution in [2.24, 2.45) is 10.7 Å². The van der Waals surface area contributed by atoms with Gasteiger partial charge in [0.1, 0.15) is 5.82 Å². The van der Waals surface area contributed by atoms with Crippen molar-refractivity contribution in [3.8, 4) is 0 Å². The highest BCUT2D eigenvalue weighted by Crippen LogP contribution is 2.24. The number of aliphatic hydroxyl groups excluding tert-OH is 1. The highest BCUT2D eigenvalue weighted by atomic mass is 19.1. The fraction of sp³-hybridized carbons (Fsp3) is 0.350. The van der Waals surface area contributed by atoms with E-state index >= 15 is 0 Å². The van der Waals surface area contributed by atoms with Crippen LogP contribution in [0.3, 0.4) is 0 Å². The minimum Gasteiger partial charge on any atom is -0.393 e. The van der Waals surface area contributed by atoms with Crippen molar-refractivity contribution in [1.82, 2.24) is 0 Å². The number of rotatable bonds is 4. The second-order valence-corrected chi connectivity index (χ2v) is 6.70. The summed E-state index contributed by atoms with van der Waals surface area (Å²) < 4.78 is 14.4. The predicted octanol–water partition coefficient (Wildman–Crippen LogP) is 3.02. The second kappa shape index (κ2) is 8.19. The number of anilines is 2. The summed E-state index contributed by atoms with van der Waals surface area (Å²) in [5, 5.41) is 12.6. The molecule has 1 heterocycles. The van der Waals surface area contributed by atoms with Crippen molar-refractivity contribution in [2.45, 2.75) is 32.4 Å². The summed E-state index contributed by atoms with van der Waals surface area (Å²) >= 11 is 0. The first-order chi connectivity index (χ1) is 12.5. The zero-order valence-corrected chi connectivity index (χ0v) is 15.0. The zero-order chi connectivity index (χ0) is 18.5. The lowest BCUT2D eigenvalue weighted by atomic mass is 10.1. The Labute approximate surface area is 153 Å². The van der Waals surface area contributed by atoms with Gasteiger partial charge in [0, 0.05) is 18.8 Å². The predicted molar refractivity (Wildman–Crippen MR) is 104 cm³/mol. The van der Waals surface area contributed by atoms with Crippen LogP contribution in [-0.4, -0.2) is 30.3 Å². The van der Waals surface area contributed by atoms with Crippen molar-refractivity contribution in [3.05, 3.63) is 59.4 Å². The van der Waals surface area contributed by atoms with Gasteiger partial charge >= 0.3 is 0 Å². The van der Waals surface area contributed by atoms with Crippen LogP contribution in [0.5, 0.6) is 0 Å². The van der Waals surface area contributed by atoms with Gasteiger partial charge in [-0.1, -0.05) is 23.8 Å². The maximum Gasteiger partial charge on any atom is 0.193 e. The van der Waals surface area contributed by atoms with Gasteiger partial charge in [0.05, 0.1) is 18.3 Å². The van der Waals surface area contributed by atoms with Gasteiger partial charge in [0.15, 0.2) is 5.96 Å². The Kier molecular flexibility index (Phi) is 5.73. The number of guanidine groups is 1. The lowest BCUT2D eigenvalue weighted by molar-refractivity contribution is 0.145. The summed E-state index contributed by atoms with van der Waals surface area (Å²) in [5.41, 5.74) is 9.28. The fourth-order valence-electron chi connectivity index (χ4n) is 3.01. The molecule has 1 aliphatic rings. The normalized spacial score (nSPS) is 16.0. The number of piperidine rings is 1. The van der Waals surface area contributed by atoms with Crippen molar-refractivity contribution in [1.29, 1.82) is 0 Å². The van der Waals surface area contributed by atoms with E-state index < -0.39 is 0 Å². The number of hydrogen-bond donors (Lipinski definition) is 3. The number of aliphatic hydroxyl groups is 1. The molecule has 26 heavy (non-hydrogen) atoms. The number of nitrogens with two attached hydrogens (primary N) is 1. The summed E-state index contributed by atoms with van der Waals surface area (Å²) in [6.45, 7) is 3.66. The number of aliphatic imine (C=N–C) groups is 1. The molecule has 0 bridgehead atoms. The van der Waals surface area contributed by atoms with E-state index in [2.05, 4.69) is 10.3 Å². The lowest BCUT2D eigenvalue weighted by Gasteiger charge is -2.31. The summed E-state index contributed by atoms with van der Waals surface area (Å²) in [6.07, 6.45) is 1.08. The number of nitrogens with zero attached hydrogens (tertiary/aromatic N) is 2. The molecule has 0 aliphatic carbocycles. The monoisotopic (exact) mass is 356 g/mol. The first-order valence-corrected chi connectivity index (χ1v) is 8.86. The molecule has 2 aromatic rings. The molecule has 4 N–H and O–H groups in total. The van der Waals surface area contributed by atoms with E-state index in [1.165, 1.54) is 11.6 Å². The molecule has 6 heteroatoms. The minimum absolute atomic E-state index is 0.265. The fourth-order valence-corrected chi connectivity index (χ4v) is 3.01. The van der Waals surface area contributed by atoms with Crippen molar-refractivity contribution in [2.75, 3.05) is 23.3 Å². The molecule has 0 saturated carbocycles. The van der Waals surface area contributed by atoms with Crippen molar-refractivity contribution >= 4 is 17.3 Å². The van der Waals surface area contributed by atoms with Crippen molar-refractivity contribution < 1.29 is 9.50 Å². The molecule has 0 aromatic heterocycles. The molecule has 1 aliphatic heterocycles. The summed E-state index contributed by atoms with van der Waals surface area (Å²) in [6, 6.07) is 13.0. The Bertz CT molecular complexity index is 768. The molecule has 0 spiro atoms. The summed E-state index contributed by atoms with van der Waals surface area (Å²) in [7, 11) is 0. The van der Waals surface area contributed by atoms with E-state index in [1.807, 2.05) is 42.2 Å². The Morgan fingerprint density at radius 2 is 1.92 bits per heavy atom. The maximum absolute atomic E-state index is 14.4. The highest BCUT2D eigenvalue weighted by molar-refractivity contribution is 5.92. The largest absolute Gasteiger partial charge is 0.393 e. The van der Waals surface area contributed by atoms with Crippen LogP contribution >= 0.6 is 0 Å². The number of halogens is 1. The van der Waals surface area contributed by atoms with Crippen LogP contribution in [0.25, 0.3) is 0 Å². The Morgan fingerprint density at radius 3 is 2.58 bits per heavy atom. The SMILES string of the molecule is Cc1ccc(NC(N)=NCc2ccc(N3CCC(O)CC3)c(F)c2)cc1. The smallest absolute Gasteiger partial charge is 0.193 e. The van der Waals surface area contributed by atoms with Crippen molar-refractivity contribution in [3.63, 3.8) is 0 Å². The molecule has 3 rings (SSSR count). The summed E-state index contributed by atoms with van der Waals surface area (Å²) in [5.74, 6) is 0.0301. The van der Waals surface area contributed by atoms with Gasteiger partial charge in [0.2, 0.25) is 0 Å². The molecule has 2 aromatic carbocycles.